The molecule has 5 nitrogen and oxygen atoms in total. The summed E-state index contributed by atoms with van der Waals surface area (Å²) in [6.07, 6.45) is 0. The van der Waals surface area contributed by atoms with E-state index in [9.17, 15) is 4.79 Å². The molecular formula is C27H34N4OS. The van der Waals surface area contributed by atoms with Crippen LogP contribution in [0.2, 0.25) is 0 Å². The van der Waals surface area contributed by atoms with Crippen LogP contribution in [0.15, 0.2) is 65.4 Å². The summed E-state index contributed by atoms with van der Waals surface area (Å²) in [6, 6.07) is 19.3. The van der Waals surface area contributed by atoms with Gasteiger partial charge in [0.2, 0.25) is 0 Å². The van der Waals surface area contributed by atoms with Gasteiger partial charge in [-0.15, -0.1) is 0 Å². The SMILES string of the molecule is CCN(CC)C(=O)c1ccc([C@@H](c2cccc(NCc3ccsc3)c2)N2CCNCC2)cc1. The molecule has 6 heteroatoms. The van der Waals surface area contributed by atoms with E-state index in [1.165, 1.54) is 16.7 Å². The highest BCUT2D eigenvalue weighted by atomic mass is 32.1. The van der Waals surface area contributed by atoms with Crippen molar-refractivity contribution >= 4 is 22.9 Å². The Morgan fingerprint density at radius 3 is 2.48 bits per heavy atom. The maximum atomic E-state index is 12.8. The topological polar surface area (TPSA) is 47.6 Å². The predicted molar refractivity (Wildman–Crippen MR) is 138 cm³/mol. The first-order valence-corrected chi connectivity index (χ1v) is 12.8. The van der Waals surface area contributed by atoms with Gasteiger partial charge < -0.3 is 15.5 Å². The van der Waals surface area contributed by atoms with Gasteiger partial charge in [0.15, 0.2) is 0 Å². The number of rotatable bonds is 9. The van der Waals surface area contributed by atoms with E-state index >= 15 is 0 Å². The van der Waals surface area contributed by atoms with Crippen molar-refractivity contribution in [1.29, 1.82) is 0 Å². The molecule has 0 bridgehead atoms. The molecular weight excluding hydrogens is 428 g/mol. The average Bonchev–Trinajstić information content (AvgIpc) is 3.39. The fraction of sp³-hybridized carbons (Fsp3) is 0.370. The summed E-state index contributed by atoms with van der Waals surface area (Å²) in [5.74, 6) is 0.102. The molecule has 4 rings (SSSR count). The molecule has 174 valence electrons. The van der Waals surface area contributed by atoms with Gasteiger partial charge in [0.05, 0.1) is 6.04 Å². The number of anilines is 1. The zero-order chi connectivity index (χ0) is 23.0. The van der Waals surface area contributed by atoms with Crippen molar-refractivity contribution in [3.05, 3.63) is 87.6 Å². The van der Waals surface area contributed by atoms with Crippen LogP contribution < -0.4 is 10.6 Å². The van der Waals surface area contributed by atoms with Gasteiger partial charge in [-0.1, -0.05) is 24.3 Å². The van der Waals surface area contributed by atoms with Crippen molar-refractivity contribution in [2.75, 3.05) is 44.6 Å². The molecule has 1 aliphatic rings. The first-order valence-electron chi connectivity index (χ1n) is 11.9. The van der Waals surface area contributed by atoms with Crippen LogP contribution in [0.25, 0.3) is 0 Å². The molecule has 0 aliphatic carbocycles. The van der Waals surface area contributed by atoms with Crippen LogP contribution in [0, 0.1) is 0 Å². The Balaban J connectivity index is 1.59. The smallest absolute Gasteiger partial charge is 0.253 e. The van der Waals surface area contributed by atoms with E-state index in [0.717, 1.165) is 57.1 Å². The van der Waals surface area contributed by atoms with Gasteiger partial charge in [-0.3, -0.25) is 9.69 Å². The Morgan fingerprint density at radius 1 is 1.06 bits per heavy atom. The molecule has 0 radical (unpaired) electrons. The van der Waals surface area contributed by atoms with Crippen molar-refractivity contribution in [3.63, 3.8) is 0 Å². The lowest BCUT2D eigenvalue weighted by molar-refractivity contribution is 0.0773. The Bertz CT molecular complexity index is 1010. The van der Waals surface area contributed by atoms with Crippen LogP contribution in [-0.4, -0.2) is 55.0 Å². The molecule has 3 aromatic rings. The van der Waals surface area contributed by atoms with Crippen LogP contribution in [-0.2, 0) is 6.54 Å². The Kier molecular flexibility index (Phi) is 8.15. The standard InChI is InChI=1S/C27H34N4OS/c1-3-30(4-2)27(32)23-10-8-22(9-11-23)26(31-15-13-28-14-16-31)24-6-5-7-25(18-24)29-19-21-12-17-33-20-21/h5-12,17-18,20,26,28-29H,3-4,13-16,19H2,1-2H3/t26-/m0/s1. The molecule has 2 heterocycles. The lowest BCUT2D eigenvalue weighted by atomic mass is 9.95. The third-order valence-corrected chi connectivity index (χ3v) is 7.05. The Hall–Kier alpha value is -2.67. The van der Waals surface area contributed by atoms with E-state index in [1.807, 2.05) is 30.9 Å². The number of carbonyl (C=O) groups is 1. The molecule has 0 unspecified atom stereocenters. The zero-order valence-electron chi connectivity index (χ0n) is 19.6. The molecule has 1 aromatic heterocycles. The van der Waals surface area contributed by atoms with Gasteiger partial charge in [-0.05, 0) is 71.6 Å². The second-order valence-electron chi connectivity index (χ2n) is 8.40. The van der Waals surface area contributed by atoms with E-state index in [0.29, 0.717) is 0 Å². The van der Waals surface area contributed by atoms with Crippen molar-refractivity contribution in [3.8, 4) is 0 Å². The lowest BCUT2D eigenvalue weighted by Gasteiger charge is -2.36. The monoisotopic (exact) mass is 462 g/mol. The van der Waals surface area contributed by atoms with Crippen molar-refractivity contribution in [2.45, 2.75) is 26.4 Å². The molecule has 1 aliphatic heterocycles. The summed E-state index contributed by atoms with van der Waals surface area (Å²) in [6.45, 7) is 10.3. The summed E-state index contributed by atoms with van der Waals surface area (Å²) in [5.41, 5.74) is 5.69. The zero-order valence-corrected chi connectivity index (χ0v) is 20.4. The fourth-order valence-corrected chi connectivity index (χ4v) is 5.14. The maximum absolute atomic E-state index is 12.8. The summed E-state index contributed by atoms with van der Waals surface area (Å²) in [4.78, 5) is 17.2. The summed E-state index contributed by atoms with van der Waals surface area (Å²) in [7, 11) is 0. The quantitative estimate of drug-likeness (QED) is 0.478. The second kappa shape index (κ2) is 11.5. The molecule has 0 spiro atoms. The van der Waals surface area contributed by atoms with Crippen molar-refractivity contribution < 1.29 is 4.79 Å². The minimum absolute atomic E-state index is 0.102. The first kappa shape index (κ1) is 23.5. The van der Waals surface area contributed by atoms with Crippen LogP contribution >= 0.6 is 11.3 Å². The van der Waals surface area contributed by atoms with Crippen LogP contribution in [0.4, 0.5) is 5.69 Å². The number of hydrogen-bond donors (Lipinski definition) is 2. The third-order valence-electron chi connectivity index (χ3n) is 6.32. The predicted octanol–water partition coefficient (Wildman–Crippen LogP) is 4.84. The summed E-state index contributed by atoms with van der Waals surface area (Å²) in [5, 5.41) is 11.3. The number of hydrogen-bond acceptors (Lipinski definition) is 5. The van der Waals surface area contributed by atoms with E-state index in [1.54, 1.807) is 11.3 Å². The molecule has 1 fully saturated rings. The highest BCUT2D eigenvalue weighted by molar-refractivity contribution is 7.07. The van der Waals surface area contributed by atoms with E-state index in [-0.39, 0.29) is 11.9 Å². The van der Waals surface area contributed by atoms with E-state index in [2.05, 4.69) is 68.8 Å². The highest BCUT2D eigenvalue weighted by Crippen LogP contribution is 2.31. The average molecular weight is 463 g/mol. The van der Waals surface area contributed by atoms with Gasteiger partial charge >= 0.3 is 0 Å². The Labute approximate surface area is 201 Å². The van der Waals surface area contributed by atoms with Crippen LogP contribution in [0.5, 0.6) is 0 Å². The first-order chi connectivity index (χ1) is 16.2. The number of piperazine rings is 1. The summed E-state index contributed by atoms with van der Waals surface area (Å²) < 4.78 is 0. The molecule has 33 heavy (non-hydrogen) atoms. The minimum Gasteiger partial charge on any atom is -0.381 e. The lowest BCUT2D eigenvalue weighted by Crippen LogP contribution is -2.45. The molecule has 0 saturated carbocycles. The Morgan fingerprint density at radius 2 is 1.82 bits per heavy atom. The van der Waals surface area contributed by atoms with Crippen LogP contribution in [0.3, 0.4) is 0 Å². The third kappa shape index (κ3) is 5.82. The van der Waals surface area contributed by atoms with Gasteiger partial charge in [0.25, 0.3) is 5.91 Å². The van der Waals surface area contributed by atoms with Gasteiger partial charge in [0, 0.05) is 57.1 Å². The maximum Gasteiger partial charge on any atom is 0.253 e. The van der Waals surface area contributed by atoms with Gasteiger partial charge in [0.1, 0.15) is 0 Å². The minimum atomic E-state index is 0.102. The molecule has 1 atom stereocenters. The normalized spacial score (nSPS) is 15.2. The number of nitrogens with zero attached hydrogens (tertiary/aromatic N) is 2. The van der Waals surface area contributed by atoms with Gasteiger partial charge in [-0.2, -0.15) is 11.3 Å². The second-order valence-corrected chi connectivity index (χ2v) is 9.18. The number of benzene rings is 2. The van der Waals surface area contributed by atoms with Gasteiger partial charge in [-0.25, -0.2) is 0 Å². The summed E-state index contributed by atoms with van der Waals surface area (Å²) >= 11 is 1.73. The molecule has 2 N–H and O–H groups in total. The molecule has 1 amide bonds. The largest absolute Gasteiger partial charge is 0.381 e. The number of nitrogens with one attached hydrogen (secondary N) is 2. The van der Waals surface area contributed by atoms with E-state index in [4.69, 9.17) is 0 Å². The van der Waals surface area contributed by atoms with Crippen LogP contribution in [0.1, 0.15) is 46.9 Å². The molecule has 2 aromatic carbocycles. The number of carbonyl (C=O) groups excluding carboxylic acids is 1. The van der Waals surface area contributed by atoms with E-state index < -0.39 is 0 Å². The number of amides is 1. The van der Waals surface area contributed by atoms with Crippen molar-refractivity contribution in [2.24, 2.45) is 0 Å². The van der Waals surface area contributed by atoms with Crippen molar-refractivity contribution in [1.82, 2.24) is 15.1 Å². The molecule has 1 saturated heterocycles. The highest BCUT2D eigenvalue weighted by Gasteiger charge is 2.24. The fourth-order valence-electron chi connectivity index (χ4n) is 4.47. The number of thiophene rings is 1.